The monoisotopic (exact) mass is 308 g/mol. The maximum atomic E-state index is 12.8. The zero-order valence-corrected chi connectivity index (χ0v) is 13.5. The second-order valence-electron chi connectivity index (χ2n) is 5.02. The van der Waals surface area contributed by atoms with Crippen molar-refractivity contribution in [3.63, 3.8) is 0 Å². The van der Waals surface area contributed by atoms with Crippen molar-refractivity contribution in [2.24, 2.45) is 0 Å². The van der Waals surface area contributed by atoms with Gasteiger partial charge in [0.2, 0.25) is 0 Å². The van der Waals surface area contributed by atoms with Gasteiger partial charge in [-0.05, 0) is 32.5 Å². The van der Waals surface area contributed by atoms with Gasteiger partial charge in [-0.3, -0.25) is 9.40 Å². The van der Waals surface area contributed by atoms with Crippen LogP contribution in [0.25, 0.3) is 0 Å². The Labute approximate surface area is 125 Å². The summed E-state index contributed by atoms with van der Waals surface area (Å²) in [5.41, 5.74) is 3.29. The number of aromatic nitrogens is 2. The zero-order valence-electron chi connectivity index (χ0n) is 12.6. The normalized spacial score (nSPS) is 11.6. The minimum Gasteiger partial charge on any atom is -0.316 e. The van der Waals surface area contributed by atoms with Gasteiger partial charge < -0.3 is 5.32 Å². The summed E-state index contributed by atoms with van der Waals surface area (Å²) in [5, 5.41) is 9.50. The van der Waals surface area contributed by atoms with Gasteiger partial charge in [0.15, 0.2) is 5.03 Å². The summed E-state index contributed by atoms with van der Waals surface area (Å²) in [5.74, 6) is 0. The molecule has 0 atom stereocenters. The quantitative estimate of drug-likeness (QED) is 0.879. The van der Waals surface area contributed by atoms with Crippen LogP contribution in [0.3, 0.4) is 0 Å². The molecule has 1 heterocycles. The molecule has 6 nitrogen and oxygen atoms in total. The highest BCUT2D eigenvalue weighted by molar-refractivity contribution is 7.92. The first-order valence-electron chi connectivity index (χ1n) is 6.61. The number of hydrogen-bond donors (Lipinski definition) is 2. The van der Waals surface area contributed by atoms with Crippen molar-refractivity contribution in [2.75, 3.05) is 18.4 Å². The highest BCUT2D eigenvalue weighted by atomic mass is 32.2. The van der Waals surface area contributed by atoms with E-state index in [1.807, 2.05) is 32.0 Å². The Balaban J connectivity index is 2.45. The Bertz CT molecular complexity index is 737. The van der Waals surface area contributed by atoms with Gasteiger partial charge in [0.25, 0.3) is 10.0 Å². The van der Waals surface area contributed by atoms with Gasteiger partial charge in [-0.25, -0.2) is 0 Å². The van der Waals surface area contributed by atoms with E-state index < -0.39 is 10.0 Å². The minimum atomic E-state index is -3.66. The van der Waals surface area contributed by atoms with E-state index in [4.69, 9.17) is 0 Å². The first-order valence-corrected chi connectivity index (χ1v) is 8.05. The third-order valence-corrected chi connectivity index (χ3v) is 5.14. The molecule has 0 spiro atoms. The average molecular weight is 308 g/mol. The highest BCUT2D eigenvalue weighted by Gasteiger charge is 2.26. The van der Waals surface area contributed by atoms with Crippen molar-refractivity contribution in [3.8, 4) is 0 Å². The summed E-state index contributed by atoms with van der Waals surface area (Å²) in [6, 6.07) is 5.68. The van der Waals surface area contributed by atoms with Crippen LogP contribution in [-0.2, 0) is 16.6 Å². The summed E-state index contributed by atoms with van der Waals surface area (Å²) in [6.07, 6.45) is 1.53. The lowest BCUT2D eigenvalue weighted by atomic mass is 10.1. The predicted octanol–water partition coefficient (Wildman–Crippen LogP) is 1.57. The van der Waals surface area contributed by atoms with E-state index in [0.29, 0.717) is 17.8 Å². The van der Waals surface area contributed by atoms with Crippen LogP contribution in [0, 0.1) is 13.8 Å². The highest BCUT2D eigenvalue weighted by Crippen LogP contribution is 2.26. The van der Waals surface area contributed by atoms with Gasteiger partial charge in [-0.1, -0.05) is 17.7 Å². The largest absolute Gasteiger partial charge is 0.316 e. The fraction of sp³-hybridized carbons (Fsp3) is 0.357. The zero-order chi connectivity index (χ0) is 15.6. The van der Waals surface area contributed by atoms with E-state index in [-0.39, 0.29) is 5.03 Å². The van der Waals surface area contributed by atoms with Crippen molar-refractivity contribution < 1.29 is 8.42 Å². The molecule has 0 unspecified atom stereocenters. The molecule has 2 N–H and O–H groups in total. The molecular formula is C14H20N4O2S. The van der Waals surface area contributed by atoms with Crippen molar-refractivity contribution in [2.45, 2.75) is 25.4 Å². The molecule has 2 aromatic rings. The lowest BCUT2D eigenvalue weighted by molar-refractivity contribution is 0.588. The Morgan fingerprint density at radius 1 is 1.33 bits per heavy atom. The maximum absolute atomic E-state index is 12.8. The van der Waals surface area contributed by atoms with E-state index >= 15 is 0 Å². The number of aromatic amines is 1. The smallest absolute Gasteiger partial charge is 0.281 e. The number of rotatable bonds is 5. The molecule has 0 aliphatic rings. The summed E-state index contributed by atoms with van der Waals surface area (Å²) >= 11 is 0. The molecule has 0 radical (unpaired) electrons. The number of nitrogens with zero attached hydrogens (tertiary/aromatic N) is 2. The van der Waals surface area contributed by atoms with Crippen molar-refractivity contribution in [1.29, 1.82) is 0 Å². The SMILES string of the molecule is CNCc1cn[nH]c1S(=O)(=O)N(C)c1ccc(C)cc1C. The van der Waals surface area contributed by atoms with Crippen LogP contribution >= 0.6 is 0 Å². The van der Waals surface area contributed by atoms with Crippen molar-refractivity contribution >= 4 is 15.7 Å². The first kappa shape index (κ1) is 15.5. The third-order valence-electron chi connectivity index (χ3n) is 3.36. The van der Waals surface area contributed by atoms with Crippen molar-refractivity contribution in [3.05, 3.63) is 41.1 Å². The van der Waals surface area contributed by atoms with Crippen LogP contribution in [0.2, 0.25) is 0 Å². The fourth-order valence-corrected chi connectivity index (χ4v) is 3.63. The lowest BCUT2D eigenvalue weighted by Crippen LogP contribution is -2.28. The minimum absolute atomic E-state index is 0.124. The molecule has 0 amide bonds. The van der Waals surface area contributed by atoms with Crippen LogP contribution in [0.5, 0.6) is 0 Å². The molecule has 21 heavy (non-hydrogen) atoms. The van der Waals surface area contributed by atoms with Crippen LogP contribution in [0.1, 0.15) is 16.7 Å². The summed E-state index contributed by atoms with van der Waals surface area (Å²) in [7, 11) is -0.348. The van der Waals surface area contributed by atoms with Crippen LogP contribution in [-0.4, -0.2) is 32.7 Å². The number of H-pyrrole nitrogens is 1. The number of hydrogen-bond acceptors (Lipinski definition) is 4. The Kier molecular flexibility index (Phi) is 4.34. The third kappa shape index (κ3) is 2.93. The van der Waals surface area contributed by atoms with E-state index in [1.165, 1.54) is 10.5 Å². The van der Waals surface area contributed by atoms with Crippen LogP contribution in [0.15, 0.2) is 29.4 Å². The summed E-state index contributed by atoms with van der Waals surface area (Å²) in [4.78, 5) is 0. The first-order chi connectivity index (χ1) is 9.87. The molecule has 1 aromatic carbocycles. The second kappa shape index (κ2) is 5.87. The van der Waals surface area contributed by atoms with Crippen LogP contribution in [0.4, 0.5) is 5.69 Å². The molecule has 0 aliphatic carbocycles. The van der Waals surface area contributed by atoms with Gasteiger partial charge >= 0.3 is 0 Å². The van der Waals surface area contributed by atoms with E-state index in [1.54, 1.807) is 14.1 Å². The standard InChI is InChI=1S/C14H20N4O2S/c1-10-5-6-13(11(2)7-10)18(4)21(19,20)14-12(8-15-3)9-16-17-14/h5-7,9,15H,8H2,1-4H3,(H,16,17). The molecule has 0 saturated heterocycles. The summed E-state index contributed by atoms with van der Waals surface area (Å²) in [6.45, 7) is 4.31. The van der Waals surface area contributed by atoms with Gasteiger partial charge in [-0.2, -0.15) is 13.5 Å². The number of nitrogens with one attached hydrogen (secondary N) is 2. The molecule has 1 aromatic heterocycles. The molecule has 0 saturated carbocycles. The molecule has 7 heteroatoms. The van der Waals surface area contributed by atoms with Gasteiger partial charge in [-0.15, -0.1) is 0 Å². The Hall–Kier alpha value is -1.86. The molecule has 0 aliphatic heterocycles. The van der Waals surface area contributed by atoms with Gasteiger partial charge in [0, 0.05) is 19.2 Å². The lowest BCUT2D eigenvalue weighted by Gasteiger charge is -2.21. The van der Waals surface area contributed by atoms with Crippen LogP contribution < -0.4 is 9.62 Å². The van der Waals surface area contributed by atoms with Gasteiger partial charge in [0.1, 0.15) is 0 Å². The Morgan fingerprint density at radius 3 is 2.67 bits per heavy atom. The number of sulfonamides is 1. The molecule has 0 fully saturated rings. The number of benzene rings is 1. The molecular weight excluding hydrogens is 288 g/mol. The molecule has 2 rings (SSSR count). The Morgan fingerprint density at radius 2 is 2.05 bits per heavy atom. The molecule has 114 valence electrons. The van der Waals surface area contributed by atoms with Gasteiger partial charge in [0.05, 0.1) is 11.9 Å². The fourth-order valence-electron chi connectivity index (χ4n) is 2.26. The number of aryl methyl sites for hydroxylation is 2. The maximum Gasteiger partial charge on any atom is 0.281 e. The van der Waals surface area contributed by atoms with E-state index in [2.05, 4.69) is 15.5 Å². The van der Waals surface area contributed by atoms with E-state index in [0.717, 1.165) is 11.1 Å². The second-order valence-corrected chi connectivity index (χ2v) is 6.92. The number of anilines is 1. The van der Waals surface area contributed by atoms with E-state index in [9.17, 15) is 8.42 Å². The topological polar surface area (TPSA) is 78.1 Å². The summed E-state index contributed by atoms with van der Waals surface area (Å²) < 4.78 is 26.8. The average Bonchev–Trinajstić information content (AvgIpc) is 2.87. The van der Waals surface area contributed by atoms with Crippen molar-refractivity contribution in [1.82, 2.24) is 15.5 Å². The molecule has 0 bridgehead atoms. The predicted molar refractivity (Wildman–Crippen MR) is 82.9 cm³/mol.